The molecule has 0 aliphatic rings. The van der Waals surface area contributed by atoms with Crippen LogP contribution in [0.4, 0.5) is 0 Å². The van der Waals surface area contributed by atoms with Gasteiger partial charge in [0, 0.05) is 7.11 Å². The molecule has 5 heavy (non-hydrogen) atoms. The van der Waals surface area contributed by atoms with Crippen molar-refractivity contribution in [2.75, 3.05) is 7.11 Å². The Kier molecular flexibility index (Phi) is 3.91. The van der Waals surface area contributed by atoms with Gasteiger partial charge in [-0.2, -0.15) is 0 Å². The Hall–Kier alpha value is 1.04. The topological polar surface area (TPSA) is 9.23 Å². The molecule has 0 amide bonds. The highest BCUT2D eigenvalue weighted by Crippen LogP contribution is 2.29. The predicted molar refractivity (Wildman–Crippen MR) is 32.4 cm³/mol. The third-order valence-corrected chi connectivity index (χ3v) is 1.81. The Bertz CT molecular complexity index is 44.9. The lowest BCUT2D eigenvalue weighted by Gasteiger charge is -1.83. The maximum absolute atomic E-state index is 4.63. The van der Waals surface area contributed by atoms with Crippen molar-refractivity contribution in [2.45, 2.75) is 0 Å². The fourth-order valence-corrected chi connectivity index (χ4v) is 0. The summed E-state index contributed by atoms with van der Waals surface area (Å²) in [4.78, 5) is 0. The van der Waals surface area contributed by atoms with Gasteiger partial charge in [-0.1, -0.05) is 20.7 Å². The second-order valence-corrected chi connectivity index (χ2v) is 5.61. The molecule has 0 aliphatic heterocycles. The van der Waals surface area contributed by atoms with Crippen molar-refractivity contribution < 1.29 is 4.52 Å². The first-order valence-corrected chi connectivity index (χ1v) is 5.46. The third-order valence-electron chi connectivity index (χ3n) is 0.201. The summed E-state index contributed by atoms with van der Waals surface area (Å²) in [6.07, 6.45) is 0. The molecule has 0 aromatic rings. The van der Waals surface area contributed by atoms with E-state index in [1.54, 1.807) is 7.11 Å². The van der Waals surface area contributed by atoms with Gasteiger partial charge < -0.3 is 4.52 Å². The van der Waals surface area contributed by atoms with Gasteiger partial charge in [0.2, 0.25) is 0 Å². The molecule has 0 fully saturated rings. The molecule has 0 spiro atoms. The van der Waals surface area contributed by atoms with E-state index in [-0.39, 0.29) is 0 Å². The molecule has 0 saturated heterocycles. The third kappa shape index (κ3) is 5.04. The van der Waals surface area contributed by atoms with Crippen molar-refractivity contribution >= 4 is 27.3 Å². The SMILES string of the molecule is CO[PH](P)=S. The summed E-state index contributed by atoms with van der Waals surface area (Å²) in [5.74, 6) is 0. The van der Waals surface area contributed by atoms with Gasteiger partial charge in [0.15, 0.2) is 0 Å². The lowest BCUT2D eigenvalue weighted by Crippen LogP contribution is -1.48. The lowest BCUT2D eigenvalue weighted by molar-refractivity contribution is 0.483. The Morgan fingerprint density at radius 1 is 2.00 bits per heavy atom. The van der Waals surface area contributed by atoms with E-state index in [9.17, 15) is 0 Å². The largest absolute Gasteiger partial charge is 0.353 e. The molecule has 0 radical (unpaired) electrons. The number of rotatable bonds is 1. The van der Waals surface area contributed by atoms with E-state index in [0.717, 1.165) is 0 Å². The molecule has 0 aromatic heterocycles. The average Bonchev–Trinajstić information content (AvgIpc) is 1.38. The van der Waals surface area contributed by atoms with Gasteiger partial charge in [-0.3, -0.25) is 0 Å². The molecule has 0 rings (SSSR count). The Balaban J connectivity index is 2.85. The summed E-state index contributed by atoms with van der Waals surface area (Å²) in [6.45, 7) is -0.874. The van der Waals surface area contributed by atoms with E-state index in [0.29, 0.717) is 0 Å². The second kappa shape index (κ2) is 3.24. The van der Waals surface area contributed by atoms with Gasteiger partial charge in [0.05, 0.1) is 6.61 Å². The van der Waals surface area contributed by atoms with Crippen molar-refractivity contribution in [1.29, 1.82) is 0 Å². The monoisotopic (exact) mass is 128 g/mol. The van der Waals surface area contributed by atoms with Crippen LogP contribution in [-0.4, -0.2) is 7.11 Å². The fourth-order valence-electron chi connectivity index (χ4n) is 0. The maximum atomic E-state index is 4.63. The highest BCUT2D eigenvalue weighted by Gasteiger charge is 1.66. The highest BCUT2D eigenvalue weighted by atomic mass is 32.6. The summed E-state index contributed by atoms with van der Waals surface area (Å²) in [5.41, 5.74) is 0. The van der Waals surface area contributed by atoms with Crippen LogP contribution in [-0.2, 0) is 16.3 Å². The smallest absolute Gasteiger partial charge is 0.0696 e. The molecule has 2 atom stereocenters. The molecule has 0 heterocycles. The van der Waals surface area contributed by atoms with Crippen LogP contribution in [0.15, 0.2) is 0 Å². The molecule has 4 heteroatoms. The van der Waals surface area contributed by atoms with E-state index in [2.05, 4.69) is 25.3 Å². The Morgan fingerprint density at radius 2 is 2.20 bits per heavy atom. The van der Waals surface area contributed by atoms with Crippen LogP contribution < -0.4 is 0 Å². The summed E-state index contributed by atoms with van der Waals surface area (Å²) in [6, 6.07) is 0. The van der Waals surface area contributed by atoms with Crippen LogP contribution in [0.25, 0.3) is 0 Å². The molecule has 0 aliphatic carbocycles. The Labute approximate surface area is 39.7 Å². The minimum atomic E-state index is -0.874. The predicted octanol–water partition coefficient (Wildman–Crippen LogP) is 1.01. The quantitative estimate of drug-likeness (QED) is 0.487. The highest BCUT2D eigenvalue weighted by molar-refractivity contribution is 8.31. The average molecular weight is 128 g/mol. The minimum Gasteiger partial charge on any atom is -0.353 e. The standard InChI is InChI=1S/CH6OP2S/c1-2-4(3)5/h4H,3H2,1H3. The first-order valence-electron chi connectivity index (χ1n) is 1.11. The van der Waals surface area contributed by atoms with E-state index in [4.69, 9.17) is 0 Å². The van der Waals surface area contributed by atoms with Gasteiger partial charge in [0.1, 0.15) is 0 Å². The van der Waals surface area contributed by atoms with Gasteiger partial charge in [0.25, 0.3) is 0 Å². The van der Waals surface area contributed by atoms with E-state index >= 15 is 0 Å². The molecule has 0 bridgehead atoms. The van der Waals surface area contributed by atoms with Crippen LogP contribution in [0.1, 0.15) is 0 Å². The maximum Gasteiger partial charge on any atom is 0.0696 e. The normalized spacial score (nSPS) is 14.8. The number of hydrogen-bond acceptors (Lipinski definition) is 2. The molecule has 0 N–H and O–H groups in total. The second-order valence-electron chi connectivity index (χ2n) is 0.523. The van der Waals surface area contributed by atoms with Crippen LogP contribution in [0, 0.1) is 0 Å². The fraction of sp³-hybridized carbons (Fsp3) is 1.00. The van der Waals surface area contributed by atoms with Crippen LogP contribution in [0.2, 0.25) is 0 Å². The van der Waals surface area contributed by atoms with Gasteiger partial charge in [-0.05, 0) is 0 Å². The van der Waals surface area contributed by atoms with E-state index in [1.807, 2.05) is 0 Å². The van der Waals surface area contributed by atoms with Gasteiger partial charge in [-0.15, -0.1) is 0 Å². The zero-order valence-electron chi connectivity index (χ0n) is 2.89. The molecule has 0 saturated carbocycles. The summed E-state index contributed by atoms with van der Waals surface area (Å²) in [7, 11) is 4.05. The Morgan fingerprint density at radius 3 is 2.20 bits per heavy atom. The molecule has 1 nitrogen and oxygen atoms in total. The van der Waals surface area contributed by atoms with Crippen LogP contribution >= 0.6 is 15.5 Å². The van der Waals surface area contributed by atoms with Gasteiger partial charge in [-0.25, -0.2) is 0 Å². The van der Waals surface area contributed by atoms with E-state index in [1.165, 1.54) is 0 Å². The summed E-state index contributed by atoms with van der Waals surface area (Å²) >= 11 is 4.62. The first kappa shape index (κ1) is 6.04. The van der Waals surface area contributed by atoms with Crippen molar-refractivity contribution in [3.63, 3.8) is 0 Å². The zero-order valence-corrected chi connectivity index (χ0v) is 5.87. The molecule has 2 unspecified atom stereocenters. The minimum absolute atomic E-state index is 0.874. The lowest BCUT2D eigenvalue weighted by atomic mass is 11.8. The molecule has 0 aromatic carbocycles. The molecular weight excluding hydrogens is 122 g/mol. The summed E-state index contributed by atoms with van der Waals surface area (Å²) in [5, 5.41) is 0. The van der Waals surface area contributed by atoms with Crippen LogP contribution in [0.5, 0.6) is 0 Å². The van der Waals surface area contributed by atoms with Gasteiger partial charge >= 0.3 is 0 Å². The van der Waals surface area contributed by atoms with Crippen molar-refractivity contribution in [1.82, 2.24) is 0 Å². The van der Waals surface area contributed by atoms with Crippen molar-refractivity contribution in [2.24, 2.45) is 0 Å². The van der Waals surface area contributed by atoms with Crippen molar-refractivity contribution in [3.05, 3.63) is 0 Å². The number of hydrogen-bond donors (Lipinski definition) is 0. The van der Waals surface area contributed by atoms with Crippen molar-refractivity contribution in [3.8, 4) is 0 Å². The van der Waals surface area contributed by atoms with E-state index < -0.39 is 6.61 Å². The molecular formula is CH6OP2S. The molecule has 32 valence electrons. The van der Waals surface area contributed by atoms with Crippen LogP contribution in [0.3, 0.4) is 0 Å². The summed E-state index contributed by atoms with van der Waals surface area (Å²) < 4.78 is 4.63. The first-order chi connectivity index (χ1) is 2.27. The zero-order chi connectivity index (χ0) is 4.28.